The lowest BCUT2D eigenvalue weighted by Gasteiger charge is -2.36. The van der Waals surface area contributed by atoms with E-state index < -0.39 is 4.92 Å². The number of piperazine rings is 1. The minimum absolute atomic E-state index is 0.0370. The van der Waals surface area contributed by atoms with Crippen molar-refractivity contribution in [1.29, 1.82) is 0 Å². The highest BCUT2D eigenvalue weighted by molar-refractivity contribution is 6.30. The van der Waals surface area contributed by atoms with Crippen LogP contribution >= 0.6 is 11.6 Å². The van der Waals surface area contributed by atoms with Gasteiger partial charge < -0.3 is 9.80 Å². The van der Waals surface area contributed by atoms with Gasteiger partial charge in [-0.1, -0.05) is 23.7 Å². The van der Waals surface area contributed by atoms with Crippen LogP contribution in [0.25, 0.3) is 11.0 Å². The Labute approximate surface area is 183 Å². The standard InChI is InChI=1S/C21H22ClN5O4/c1-23-16-4-2-3-5-18(16)26(21(23)29)9-8-20(28)25-12-10-24(11-13-25)17-7-6-15(22)14-19(17)27(30)31/h2-7,14H,8-13H2,1H3. The van der Waals surface area contributed by atoms with Gasteiger partial charge in [0, 0.05) is 57.3 Å². The monoisotopic (exact) mass is 443 g/mol. The van der Waals surface area contributed by atoms with E-state index >= 15 is 0 Å². The van der Waals surface area contributed by atoms with Crippen molar-refractivity contribution in [2.75, 3.05) is 31.1 Å². The Morgan fingerprint density at radius 1 is 1.10 bits per heavy atom. The van der Waals surface area contributed by atoms with Gasteiger partial charge >= 0.3 is 5.69 Å². The zero-order chi connectivity index (χ0) is 22.1. The summed E-state index contributed by atoms with van der Waals surface area (Å²) in [6.45, 7) is 2.21. The molecule has 1 aromatic heterocycles. The van der Waals surface area contributed by atoms with Gasteiger partial charge in [-0.2, -0.15) is 0 Å². The molecule has 162 valence electrons. The first-order valence-electron chi connectivity index (χ1n) is 9.97. The molecule has 9 nitrogen and oxygen atoms in total. The highest BCUT2D eigenvalue weighted by Crippen LogP contribution is 2.31. The van der Waals surface area contributed by atoms with Crippen LogP contribution in [0, 0.1) is 10.1 Å². The molecule has 1 aliphatic heterocycles. The van der Waals surface area contributed by atoms with Gasteiger partial charge in [0.05, 0.1) is 16.0 Å². The maximum atomic E-state index is 12.7. The van der Waals surface area contributed by atoms with E-state index in [1.54, 1.807) is 33.2 Å². The Morgan fingerprint density at radius 3 is 2.45 bits per heavy atom. The van der Waals surface area contributed by atoms with Crippen molar-refractivity contribution in [3.05, 3.63) is 68.1 Å². The number of nitrogens with zero attached hydrogens (tertiary/aromatic N) is 5. The first kappa shape index (κ1) is 20.9. The average molecular weight is 444 g/mol. The molecule has 2 heterocycles. The number of aromatic nitrogens is 2. The number of carbonyl (C=O) groups excluding carboxylic acids is 1. The fourth-order valence-electron chi connectivity index (χ4n) is 4.05. The van der Waals surface area contributed by atoms with Crippen LogP contribution in [0.3, 0.4) is 0 Å². The van der Waals surface area contributed by atoms with E-state index in [1.807, 2.05) is 29.2 Å². The second-order valence-electron chi connectivity index (χ2n) is 7.49. The van der Waals surface area contributed by atoms with Crippen LogP contribution in [0.1, 0.15) is 6.42 Å². The summed E-state index contributed by atoms with van der Waals surface area (Å²) >= 11 is 5.90. The van der Waals surface area contributed by atoms with E-state index in [9.17, 15) is 19.7 Å². The zero-order valence-electron chi connectivity index (χ0n) is 17.0. The van der Waals surface area contributed by atoms with Gasteiger partial charge in [-0.05, 0) is 24.3 Å². The van der Waals surface area contributed by atoms with E-state index in [2.05, 4.69) is 0 Å². The first-order valence-corrected chi connectivity index (χ1v) is 10.4. The number of imidazole rings is 1. The van der Waals surface area contributed by atoms with Gasteiger partial charge in [-0.15, -0.1) is 0 Å². The third-order valence-electron chi connectivity index (χ3n) is 5.71. The molecule has 10 heteroatoms. The lowest BCUT2D eigenvalue weighted by Crippen LogP contribution is -2.49. The minimum Gasteiger partial charge on any atom is -0.362 e. The fraction of sp³-hybridized carbons (Fsp3) is 0.333. The number of para-hydroxylation sites is 2. The highest BCUT2D eigenvalue weighted by atomic mass is 35.5. The molecule has 0 aliphatic carbocycles. The number of fused-ring (bicyclic) bond motifs is 1. The predicted molar refractivity (Wildman–Crippen MR) is 119 cm³/mol. The molecule has 1 fully saturated rings. The summed E-state index contributed by atoms with van der Waals surface area (Å²) in [4.78, 5) is 39.8. The van der Waals surface area contributed by atoms with Crippen molar-refractivity contribution in [3.63, 3.8) is 0 Å². The summed E-state index contributed by atoms with van der Waals surface area (Å²) < 4.78 is 3.21. The van der Waals surface area contributed by atoms with Crippen LogP contribution in [-0.2, 0) is 18.4 Å². The third kappa shape index (κ3) is 4.00. The number of nitro groups is 1. The number of benzene rings is 2. The molecule has 0 spiro atoms. The fourth-order valence-corrected chi connectivity index (χ4v) is 4.22. The lowest BCUT2D eigenvalue weighted by molar-refractivity contribution is -0.384. The largest absolute Gasteiger partial charge is 0.362 e. The van der Waals surface area contributed by atoms with Crippen LogP contribution in [0.5, 0.6) is 0 Å². The number of amides is 1. The molecule has 1 amide bonds. The van der Waals surface area contributed by atoms with Crippen LogP contribution in [0.2, 0.25) is 5.02 Å². The molecule has 0 saturated carbocycles. The zero-order valence-corrected chi connectivity index (χ0v) is 17.8. The topological polar surface area (TPSA) is 93.6 Å². The van der Waals surface area contributed by atoms with Crippen molar-refractivity contribution in [3.8, 4) is 0 Å². The molecule has 1 aliphatic rings. The van der Waals surface area contributed by atoms with E-state index in [1.165, 1.54) is 6.07 Å². The maximum Gasteiger partial charge on any atom is 0.328 e. The third-order valence-corrected chi connectivity index (χ3v) is 5.94. The van der Waals surface area contributed by atoms with Gasteiger partial charge in [0.1, 0.15) is 5.69 Å². The molecule has 0 atom stereocenters. The summed E-state index contributed by atoms with van der Waals surface area (Å²) in [6, 6.07) is 12.1. The van der Waals surface area contributed by atoms with Crippen molar-refractivity contribution >= 4 is 39.9 Å². The number of aryl methyl sites for hydroxylation is 2. The second kappa shape index (κ2) is 8.43. The lowest BCUT2D eigenvalue weighted by atomic mass is 10.2. The Bertz CT molecular complexity index is 1210. The average Bonchev–Trinajstić information content (AvgIpc) is 3.02. The molecule has 31 heavy (non-hydrogen) atoms. The molecule has 3 aromatic rings. The predicted octanol–water partition coefficient (Wildman–Crippen LogP) is 2.64. The van der Waals surface area contributed by atoms with Crippen molar-refractivity contribution < 1.29 is 9.72 Å². The Kier molecular flexibility index (Phi) is 5.69. The van der Waals surface area contributed by atoms with Gasteiger partial charge in [0.2, 0.25) is 5.91 Å². The molecule has 4 rings (SSSR count). The number of nitro benzene ring substituents is 1. The molecule has 1 saturated heterocycles. The Balaban J connectivity index is 1.40. The number of anilines is 1. The summed E-state index contributed by atoms with van der Waals surface area (Å²) in [5.74, 6) is -0.0370. The minimum atomic E-state index is -0.444. The van der Waals surface area contributed by atoms with E-state index in [-0.39, 0.29) is 23.7 Å². The summed E-state index contributed by atoms with van der Waals surface area (Å²) in [5, 5.41) is 11.7. The highest BCUT2D eigenvalue weighted by Gasteiger charge is 2.26. The molecule has 0 unspecified atom stereocenters. The Hall–Kier alpha value is -3.33. The molecular weight excluding hydrogens is 422 g/mol. The van der Waals surface area contributed by atoms with Gasteiger partial charge in [-0.25, -0.2) is 4.79 Å². The number of carbonyl (C=O) groups is 1. The summed E-state index contributed by atoms with van der Waals surface area (Å²) in [6.07, 6.45) is 0.217. The van der Waals surface area contributed by atoms with Crippen LogP contribution in [-0.4, -0.2) is 51.0 Å². The van der Waals surface area contributed by atoms with E-state index in [4.69, 9.17) is 11.6 Å². The molecular formula is C21H22ClN5O4. The van der Waals surface area contributed by atoms with E-state index in [0.29, 0.717) is 43.4 Å². The number of hydrogen-bond donors (Lipinski definition) is 0. The number of rotatable bonds is 5. The van der Waals surface area contributed by atoms with Crippen LogP contribution in [0.4, 0.5) is 11.4 Å². The molecule has 0 radical (unpaired) electrons. The van der Waals surface area contributed by atoms with Gasteiger partial charge in [-0.3, -0.25) is 24.0 Å². The number of halogens is 1. The summed E-state index contributed by atoms with van der Waals surface area (Å²) in [5.41, 5.74) is 1.96. The van der Waals surface area contributed by atoms with Gasteiger partial charge in [0.15, 0.2) is 0 Å². The van der Waals surface area contributed by atoms with Crippen molar-refractivity contribution in [1.82, 2.24) is 14.0 Å². The molecule has 0 N–H and O–H groups in total. The Morgan fingerprint density at radius 2 is 1.77 bits per heavy atom. The molecule has 0 bridgehead atoms. The SMILES string of the molecule is Cn1c(=O)n(CCC(=O)N2CCN(c3ccc(Cl)cc3[N+](=O)[O-])CC2)c2ccccc21. The van der Waals surface area contributed by atoms with Crippen molar-refractivity contribution in [2.45, 2.75) is 13.0 Å². The smallest absolute Gasteiger partial charge is 0.328 e. The second-order valence-corrected chi connectivity index (χ2v) is 7.93. The van der Waals surface area contributed by atoms with Crippen molar-refractivity contribution in [2.24, 2.45) is 7.05 Å². The van der Waals surface area contributed by atoms with Crippen LogP contribution in [0.15, 0.2) is 47.3 Å². The number of hydrogen-bond acceptors (Lipinski definition) is 5. The molecule has 2 aromatic carbocycles. The van der Waals surface area contributed by atoms with Gasteiger partial charge in [0.25, 0.3) is 5.69 Å². The quantitative estimate of drug-likeness (QED) is 0.446. The first-order chi connectivity index (χ1) is 14.9. The maximum absolute atomic E-state index is 12.7. The van der Waals surface area contributed by atoms with E-state index in [0.717, 1.165) is 11.0 Å². The normalized spacial score (nSPS) is 14.3. The summed E-state index contributed by atoms with van der Waals surface area (Å²) in [7, 11) is 1.72. The van der Waals surface area contributed by atoms with Crippen LogP contribution < -0.4 is 10.6 Å².